The Morgan fingerprint density at radius 1 is 1.06 bits per heavy atom. The van der Waals surface area contributed by atoms with Gasteiger partial charge in [0.05, 0.1) is 6.61 Å². The van der Waals surface area contributed by atoms with Crippen molar-refractivity contribution >= 4 is 5.97 Å². The van der Waals surface area contributed by atoms with E-state index in [1.54, 1.807) is 0 Å². The molecule has 0 fully saturated rings. The summed E-state index contributed by atoms with van der Waals surface area (Å²) in [6.07, 6.45) is 0.595. The summed E-state index contributed by atoms with van der Waals surface area (Å²) in [4.78, 5) is 11.0. The van der Waals surface area contributed by atoms with E-state index in [0.717, 1.165) is 32.1 Å². The lowest BCUT2D eigenvalue weighted by molar-refractivity contribution is -0.326. The number of hydrogen-bond donors (Lipinski definition) is 0. The SMILES string of the molecule is CCCCCCCC(=O)OCCOC(F)(F)F. The second kappa shape index (κ2) is 9.27. The van der Waals surface area contributed by atoms with Gasteiger partial charge in [0.25, 0.3) is 0 Å². The zero-order valence-electron chi connectivity index (χ0n) is 10.0. The minimum Gasteiger partial charge on any atom is -0.463 e. The summed E-state index contributed by atoms with van der Waals surface area (Å²) in [7, 11) is 0. The van der Waals surface area contributed by atoms with E-state index in [-0.39, 0.29) is 13.0 Å². The Morgan fingerprint density at radius 2 is 1.71 bits per heavy atom. The molecule has 0 N–H and O–H groups in total. The summed E-state index contributed by atoms with van der Waals surface area (Å²) in [5, 5.41) is 0. The van der Waals surface area contributed by atoms with Gasteiger partial charge in [0, 0.05) is 6.42 Å². The molecule has 0 saturated carbocycles. The fourth-order valence-electron chi connectivity index (χ4n) is 1.26. The smallest absolute Gasteiger partial charge is 0.463 e. The van der Waals surface area contributed by atoms with Crippen LogP contribution in [0.15, 0.2) is 0 Å². The summed E-state index contributed by atoms with van der Waals surface area (Å²) in [5.41, 5.74) is 0. The number of hydrogen-bond acceptors (Lipinski definition) is 3. The average Bonchev–Trinajstić information content (AvgIpc) is 2.23. The predicted molar refractivity (Wildman–Crippen MR) is 56.3 cm³/mol. The maximum Gasteiger partial charge on any atom is 0.522 e. The number of ether oxygens (including phenoxy) is 2. The Bertz CT molecular complexity index is 205. The van der Waals surface area contributed by atoms with Crippen molar-refractivity contribution in [2.24, 2.45) is 0 Å². The van der Waals surface area contributed by atoms with Gasteiger partial charge in [-0.3, -0.25) is 9.53 Å². The van der Waals surface area contributed by atoms with Crippen LogP contribution in [0.3, 0.4) is 0 Å². The van der Waals surface area contributed by atoms with Gasteiger partial charge in [0.15, 0.2) is 0 Å². The summed E-state index contributed by atoms with van der Waals surface area (Å²) in [6, 6.07) is 0. The molecule has 3 nitrogen and oxygen atoms in total. The van der Waals surface area contributed by atoms with Crippen LogP contribution in [0.25, 0.3) is 0 Å². The molecular formula is C11H19F3O3. The van der Waals surface area contributed by atoms with Gasteiger partial charge in [-0.2, -0.15) is 0 Å². The highest BCUT2D eigenvalue weighted by Crippen LogP contribution is 2.15. The van der Waals surface area contributed by atoms with Crippen LogP contribution in [-0.4, -0.2) is 25.5 Å². The zero-order chi connectivity index (χ0) is 13.1. The van der Waals surface area contributed by atoms with Crippen LogP contribution >= 0.6 is 0 Å². The van der Waals surface area contributed by atoms with E-state index >= 15 is 0 Å². The topological polar surface area (TPSA) is 35.5 Å². The van der Waals surface area contributed by atoms with Gasteiger partial charge >= 0.3 is 12.3 Å². The van der Waals surface area contributed by atoms with E-state index in [4.69, 9.17) is 0 Å². The number of unbranched alkanes of at least 4 members (excludes halogenated alkanes) is 4. The summed E-state index contributed by atoms with van der Waals surface area (Å²) < 4.78 is 42.7. The van der Waals surface area contributed by atoms with Gasteiger partial charge in [-0.05, 0) is 6.42 Å². The molecule has 0 aromatic heterocycles. The fraction of sp³-hybridized carbons (Fsp3) is 0.909. The third-order valence-electron chi connectivity index (χ3n) is 2.10. The second-order valence-corrected chi connectivity index (χ2v) is 3.68. The van der Waals surface area contributed by atoms with Gasteiger partial charge < -0.3 is 4.74 Å². The van der Waals surface area contributed by atoms with Crippen molar-refractivity contribution in [2.75, 3.05) is 13.2 Å². The largest absolute Gasteiger partial charge is 0.522 e. The quantitative estimate of drug-likeness (QED) is 0.468. The van der Waals surface area contributed by atoms with Crippen LogP contribution in [0.5, 0.6) is 0 Å². The maximum absolute atomic E-state index is 11.5. The number of carbonyl (C=O) groups is 1. The molecule has 0 saturated heterocycles. The predicted octanol–water partition coefficient (Wildman–Crippen LogP) is 3.43. The second-order valence-electron chi connectivity index (χ2n) is 3.68. The van der Waals surface area contributed by atoms with E-state index in [1.807, 2.05) is 0 Å². The highest BCUT2D eigenvalue weighted by molar-refractivity contribution is 5.69. The van der Waals surface area contributed by atoms with Crippen LogP contribution < -0.4 is 0 Å². The molecule has 0 heterocycles. The average molecular weight is 256 g/mol. The lowest BCUT2D eigenvalue weighted by Crippen LogP contribution is -2.18. The molecule has 0 unspecified atom stereocenters. The van der Waals surface area contributed by atoms with Crippen molar-refractivity contribution in [1.29, 1.82) is 0 Å². The first-order valence-electron chi connectivity index (χ1n) is 5.82. The Hall–Kier alpha value is -0.780. The molecule has 0 radical (unpaired) electrons. The van der Waals surface area contributed by atoms with E-state index < -0.39 is 18.9 Å². The van der Waals surface area contributed by atoms with Gasteiger partial charge in [0.1, 0.15) is 6.61 Å². The third kappa shape index (κ3) is 13.2. The monoisotopic (exact) mass is 256 g/mol. The van der Waals surface area contributed by atoms with Gasteiger partial charge in [-0.15, -0.1) is 13.2 Å². The molecule has 0 amide bonds. The third-order valence-corrected chi connectivity index (χ3v) is 2.10. The van der Waals surface area contributed by atoms with E-state index in [2.05, 4.69) is 16.4 Å². The standard InChI is InChI=1S/C11H19F3O3/c1-2-3-4-5-6-7-10(15)16-8-9-17-11(12,13)14/h2-9H2,1H3. The van der Waals surface area contributed by atoms with Crippen LogP contribution in [0, 0.1) is 0 Å². The Balaban J connectivity index is 3.29. The first kappa shape index (κ1) is 16.2. The van der Waals surface area contributed by atoms with Gasteiger partial charge in [-0.25, -0.2) is 0 Å². The lowest BCUT2D eigenvalue weighted by atomic mass is 10.1. The molecule has 102 valence electrons. The molecule has 0 aliphatic rings. The minimum absolute atomic E-state index is 0.260. The highest BCUT2D eigenvalue weighted by atomic mass is 19.4. The number of alkyl halides is 3. The normalized spacial score (nSPS) is 11.5. The molecular weight excluding hydrogens is 237 g/mol. The Kier molecular flexibility index (Phi) is 8.85. The summed E-state index contributed by atoms with van der Waals surface area (Å²) in [5.74, 6) is -0.465. The minimum atomic E-state index is -4.66. The molecule has 17 heavy (non-hydrogen) atoms. The number of rotatable bonds is 9. The first-order valence-corrected chi connectivity index (χ1v) is 5.82. The van der Waals surface area contributed by atoms with Crippen molar-refractivity contribution in [3.8, 4) is 0 Å². The van der Waals surface area contributed by atoms with Crippen LogP contribution in [-0.2, 0) is 14.3 Å². The fourth-order valence-corrected chi connectivity index (χ4v) is 1.26. The first-order chi connectivity index (χ1) is 7.95. The summed E-state index contributed by atoms with van der Waals surface area (Å²) in [6.45, 7) is 1.09. The van der Waals surface area contributed by atoms with Crippen molar-refractivity contribution in [2.45, 2.75) is 51.8 Å². The molecule has 0 rings (SSSR count). The van der Waals surface area contributed by atoms with Crippen molar-refractivity contribution < 1.29 is 27.4 Å². The van der Waals surface area contributed by atoms with Gasteiger partial charge in [0.2, 0.25) is 0 Å². The molecule has 6 heteroatoms. The highest BCUT2D eigenvalue weighted by Gasteiger charge is 2.28. The number of halogens is 3. The van der Waals surface area contributed by atoms with Crippen LogP contribution in [0.2, 0.25) is 0 Å². The van der Waals surface area contributed by atoms with Crippen LogP contribution in [0.1, 0.15) is 45.4 Å². The van der Waals surface area contributed by atoms with Crippen molar-refractivity contribution in [1.82, 2.24) is 0 Å². The summed E-state index contributed by atoms with van der Waals surface area (Å²) >= 11 is 0. The Labute approximate surface area is 99.3 Å². The van der Waals surface area contributed by atoms with Crippen molar-refractivity contribution in [3.05, 3.63) is 0 Å². The lowest BCUT2D eigenvalue weighted by Gasteiger charge is -2.07. The van der Waals surface area contributed by atoms with E-state index in [0.29, 0.717) is 0 Å². The number of esters is 1. The molecule has 0 aliphatic heterocycles. The van der Waals surface area contributed by atoms with Crippen LogP contribution in [0.4, 0.5) is 13.2 Å². The molecule has 0 bridgehead atoms. The van der Waals surface area contributed by atoms with E-state index in [9.17, 15) is 18.0 Å². The number of carbonyl (C=O) groups excluding carboxylic acids is 1. The maximum atomic E-state index is 11.5. The van der Waals surface area contributed by atoms with Gasteiger partial charge in [-0.1, -0.05) is 32.6 Å². The van der Waals surface area contributed by atoms with E-state index in [1.165, 1.54) is 0 Å². The Morgan fingerprint density at radius 3 is 2.29 bits per heavy atom. The molecule has 0 aromatic rings. The molecule has 0 spiro atoms. The molecule has 0 aromatic carbocycles. The molecule has 0 aliphatic carbocycles. The zero-order valence-corrected chi connectivity index (χ0v) is 10.0. The molecule has 0 atom stereocenters. The van der Waals surface area contributed by atoms with Crippen molar-refractivity contribution in [3.63, 3.8) is 0 Å².